The van der Waals surface area contributed by atoms with Crippen LogP contribution in [0.3, 0.4) is 0 Å². The van der Waals surface area contributed by atoms with Crippen molar-refractivity contribution in [3.05, 3.63) is 54.4 Å². The maximum Gasteiger partial charge on any atom is 0.250 e. The van der Waals surface area contributed by atoms with Crippen LogP contribution in [0.4, 0.5) is 5.82 Å². The van der Waals surface area contributed by atoms with Crippen LogP contribution in [0.1, 0.15) is 18.5 Å². The molecule has 3 aromatic rings. The number of benzene rings is 1. The molecule has 2 heterocycles. The summed E-state index contributed by atoms with van der Waals surface area (Å²) in [6, 6.07) is 11.3. The molecule has 1 unspecified atom stereocenters. The smallest absolute Gasteiger partial charge is 0.250 e. The predicted octanol–water partition coefficient (Wildman–Crippen LogP) is 2.79. The lowest BCUT2D eigenvalue weighted by Crippen LogP contribution is -2.25. The Balaban J connectivity index is 1.82. The Morgan fingerprint density at radius 3 is 2.74 bits per heavy atom. The second kappa shape index (κ2) is 6.08. The second-order valence-corrected chi connectivity index (χ2v) is 5.50. The Bertz CT molecular complexity index is 819. The number of nitrogens with one attached hydrogen (secondary N) is 1. The average molecular weight is 309 g/mol. The van der Waals surface area contributed by atoms with Gasteiger partial charge in [-0.05, 0) is 25.5 Å². The van der Waals surface area contributed by atoms with Gasteiger partial charge >= 0.3 is 0 Å². The van der Waals surface area contributed by atoms with Crippen molar-refractivity contribution in [2.75, 3.05) is 5.32 Å². The van der Waals surface area contributed by atoms with E-state index in [0.717, 1.165) is 16.8 Å². The van der Waals surface area contributed by atoms with E-state index in [4.69, 9.17) is 0 Å². The standard InChI is InChI=1S/C17H19N5O/c1-12-7-4-5-8-14(12)15-11-16(21(3)20-15)19-17(23)13(2)22-10-6-9-18-22/h4-11,13H,1-3H3,(H,19,23). The Morgan fingerprint density at radius 1 is 1.26 bits per heavy atom. The molecule has 1 amide bonds. The Hall–Kier alpha value is -2.89. The zero-order valence-electron chi connectivity index (χ0n) is 13.4. The van der Waals surface area contributed by atoms with E-state index in [2.05, 4.69) is 15.5 Å². The summed E-state index contributed by atoms with van der Waals surface area (Å²) >= 11 is 0. The van der Waals surface area contributed by atoms with Crippen molar-refractivity contribution >= 4 is 11.7 Å². The molecule has 0 aliphatic rings. The van der Waals surface area contributed by atoms with Crippen LogP contribution < -0.4 is 5.32 Å². The molecule has 0 bridgehead atoms. The van der Waals surface area contributed by atoms with E-state index in [1.165, 1.54) is 0 Å². The largest absolute Gasteiger partial charge is 0.309 e. The van der Waals surface area contributed by atoms with E-state index >= 15 is 0 Å². The summed E-state index contributed by atoms with van der Waals surface area (Å²) < 4.78 is 3.30. The van der Waals surface area contributed by atoms with Crippen molar-refractivity contribution in [3.8, 4) is 11.3 Å². The molecule has 6 heteroatoms. The summed E-state index contributed by atoms with van der Waals surface area (Å²) in [6.07, 6.45) is 3.43. The molecule has 3 rings (SSSR count). The molecular weight excluding hydrogens is 290 g/mol. The van der Waals surface area contributed by atoms with Crippen molar-refractivity contribution in [1.29, 1.82) is 0 Å². The first-order valence-corrected chi connectivity index (χ1v) is 7.46. The van der Waals surface area contributed by atoms with E-state index in [9.17, 15) is 4.79 Å². The first-order chi connectivity index (χ1) is 11.1. The van der Waals surface area contributed by atoms with Gasteiger partial charge in [-0.2, -0.15) is 10.2 Å². The molecule has 1 aromatic carbocycles. The van der Waals surface area contributed by atoms with Gasteiger partial charge in [-0.3, -0.25) is 14.2 Å². The number of aromatic nitrogens is 4. The van der Waals surface area contributed by atoms with Gasteiger partial charge in [0.15, 0.2) is 0 Å². The molecular formula is C17H19N5O. The molecule has 118 valence electrons. The Kier molecular flexibility index (Phi) is 3.97. The minimum atomic E-state index is -0.387. The van der Waals surface area contributed by atoms with Crippen molar-refractivity contribution in [2.45, 2.75) is 19.9 Å². The highest BCUT2D eigenvalue weighted by Gasteiger charge is 2.17. The van der Waals surface area contributed by atoms with Gasteiger partial charge in [0, 0.05) is 31.1 Å². The Labute approximate surface area is 134 Å². The van der Waals surface area contributed by atoms with Crippen molar-refractivity contribution in [3.63, 3.8) is 0 Å². The van der Waals surface area contributed by atoms with Crippen molar-refractivity contribution in [2.24, 2.45) is 7.05 Å². The van der Waals surface area contributed by atoms with Crippen molar-refractivity contribution in [1.82, 2.24) is 19.6 Å². The van der Waals surface area contributed by atoms with Crippen LogP contribution in [0.25, 0.3) is 11.3 Å². The molecule has 6 nitrogen and oxygen atoms in total. The lowest BCUT2D eigenvalue weighted by Gasteiger charge is -2.12. The zero-order valence-corrected chi connectivity index (χ0v) is 13.4. The van der Waals surface area contributed by atoms with Crippen LogP contribution in [0.5, 0.6) is 0 Å². The molecule has 0 radical (unpaired) electrons. The van der Waals surface area contributed by atoms with Crippen LogP contribution in [0, 0.1) is 6.92 Å². The fourth-order valence-corrected chi connectivity index (χ4v) is 2.44. The molecule has 0 aliphatic heterocycles. The summed E-state index contributed by atoms with van der Waals surface area (Å²) in [5.41, 5.74) is 3.05. The van der Waals surface area contributed by atoms with Crippen molar-refractivity contribution < 1.29 is 4.79 Å². The quantitative estimate of drug-likeness (QED) is 0.806. The van der Waals surface area contributed by atoms with E-state index in [-0.39, 0.29) is 11.9 Å². The van der Waals surface area contributed by atoms with Crippen LogP contribution in [0.2, 0.25) is 0 Å². The number of carbonyl (C=O) groups is 1. The van der Waals surface area contributed by atoms with Gasteiger partial charge in [0.2, 0.25) is 5.91 Å². The number of nitrogens with zero attached hydrogens (tertiary/aromatic N) is 4. The fraction of sp³-hybridized carbons (Fsp3) is 0.235. The summed E-state index contributed by atoms with van der Waals surface area (Å²) in [6.45, 7) is 3.85. The molecule has 0 spiro atoms. The topological polar surface area (TPSA) is 64.7 Å². The molecule has 0 aliphatic carbocycles. The number of amides is 1. The van der Waals surface area contributed by atoms with Gasteiger partial charge < -0.3 is 5.32 Å². The highest BCUT2D eigenvalue weighted by molar-refractivity contribution is 5.93. The fourth-order valence-electron chi connectivity index (χ4n) is 2.44. The number of anilines is 1. The highest BCUT2D eigenvalue weighted by atomic mass is 16.2. The summed E-state index contributed by atoms with van der Waals surface area (Å²) in [4.78, 5) is 12.4. The van der Waals surface area contributed by atoms with Gasteiger partial charge in [-0.1, -0.05) is 24.3 Å². The van der Waals surface area contributed by atoms with Crippen LogP contribution >= 0.6 is 0 Å². The van der Waals surface area contributed by atoms with Gasteiger partial charge in [-0.15, -0.1) is 0 Å². The van der Waals surface area contributed by atoms with E-state index in [1.54, 1.807) is 34.7 Å². The highest BCUT2D eigenvalue weighted by Crippen LogP contribution is 2.24. The molecule has 2 aromatic heterocycles. The number of aryl methyl sites for hydroxylation is 2. The maximum absolute atomic E-state index is 12.4. The van der Waals surface area contributed by atoms with Gasteiger partial charge in [0.1, 0.15) is 11.9 Å². The van der Waals surface area contributed by atoms with Gasteiger partial charge in [-0.25, -0.2) is 0 Å². The van der Waals surface area contributed by atoms with E-state index in [1.807, 2.05) is 44.3 Å². The zero-order chi connectivity index (χ0) is 16.4. The lowest BCUT2D eigenvalue weighted by atomic mass is 10.1. The third-order valence-corrected chi connectivity index (χ3v) is 3.85. The first kappa shape index (κ1) is 15.0. The molecule has 1 atom stereocenters. The monoisotopic (exact) mass is 309 g/mol. The molecule has 23 heavy (non-hydrogen) atoms. The number of hydrogen-bond donors (Lipinski definition) is 1. The SMILES string of the molecule is Cc1ccccc1-c1cc(NC(=O)C(C)n2cccn2)n(C)n1. The average Bonchev–Trinajstić information content (AvgIpc) is 3.18. The number of hydrogen-bond acceptors (Lipinski definition) is 3. The predicted molar refractivity (Wildman–Crippen MR) is 88.9 cm³/mol. The van der Waals surface area contributed by atoms with Crippen LogP contribution in [0.15, 0.2) is 48.8 Å². The normalized spacial score (nSPS) is 12.1. The number of rotatable bonds is 4. The summed E-state index contributed by atoms with van der Waals surface area (Å²) in [5, 5.41) is 11.5. The summed E-state index contributed by atoms with van der Waals surface area (Å²) in [5.74, 6) is 0.528. The van der Waals surface area contributed by atoms with E-state index < -0.39 is 0 Å². The van der Waals surface area contributed by atoms with E-state index in [0.29, 0.717) is 5.82 Å². The molecule has 0 fully saturated rings. The first-order valence-electron chi connectivity index (χ1n) is 7.46. The maximum atomic E-state index is 12.4. The van der Waals surface area contributed by atoms with Gasteiger partial charge in [0.05, 0.1) is 5.69 Å². The number of carbonyl (C=O) groups excluding carboxylic acids is 1. The van der Waals surface area contributed by atoms with Crippen LogP contribution in [-0.2, 0) is 11.8 Å². The Morgan fingerprint density at radius 2 is 2.04 bits per heavy atom. The lowest BCUT2D eigenvalue weighted by molar-refractivity contribution is -0.119. The third kappa shape index (κ3) is 3.01. The molecule has 0 saturated carbocycles. The minimum absolute atomic E-state index is 0.131. The second-order valence-electron chi connectivity index (χ2n) is 5.50. The minimum Gasteiger partial charge on any atom is -0.309 e. The summed E-state index contributed by atoms with van der Waals surface area (Å²) in [7, 11) is 1.82. The third-order valence-electron chi connectivity index (χ3n) is 3.85. The van der Waals surface area contributed by atoms with Crippen LogP contribution in [-0.4, -0.2) is 25.5 Å². The molecule has 0 saturated heterocycles. The van der Waals surface area contributed by atoms with Gasteiger partial charge in [0.25, 0.3) is 0 Å². The molecule has 1 N–H and O–H groups in total.